The summed E-state index contributed by atoms with van der Waals surface area (Å²) < 4.78 is 5.00. The molecule has 0 aromatic heterocycles. The lowest BCUT2D eigenvalue weighted by molar-refractivity contribution is 0.139. The van der Waals surface area contributed by atoms with E-state index in [9.17, 15) is 5.26 Å². The molecule has 0 saturated heterocycles. The summed E-state index contributed by atoms with van der Waals surface area (Å²) in [5.74, 6) is 0. The van der Waals surface area contributed by atoms with Gasteiger partial charge in [0, 0.05) is 13.7 Å². The summed E-state index contributed by atoms with van der Waals surface area (Å²) in [5, 5.41) is 12.7. The SMILES string of the molecule is COCCNC1(C#N)CCCC(C)(C)C1. The van der Waals surface area contributed by atoms with Crippen LogP contribution in [0, 0.1) is 16.7 Å². The minimum atomic E-state index is -0.319. The number of ether oxygens (including phenoxy) is 1. The minimum absolute atomic E-state index is 0.286. The predicted molar refractivity (Wildman–Crippen MR) is 60.5 cm³/mol. The van der Waals surface area contributed by atoms with Crippen molar-refractivity contribution in [2.24, 2.45) is 5.41 Å². The van der Waals surface area contributed by atoms with Crippen molar-refractivity contribution in [2.45, 2.75) is 45.1 Å². The van der Waals surface area contributed by atoms with Gasteiger partial charge in [-0.25, -0.2) is 0 Å². The Morgan fingerprint density at radius 2 is 2.13 bits per heavy atom. The average Bonchev–Trinajstić information content (AvgIpc) is 2.17. The number of nitrogens with zero attached hydrogens (tertiary/aromatic N) is 1. The lowest BCUT2D eigenvalue weighted by atomic mass is 9.68. The predicted octanol–water partition coefficient (Wildman–Crippen LogP) is 2.08. The third-order valence-corrected chi connectivity index (χ3v) is 3.22. The van der Waals surface area contributed by atoms with Crippen LogP contribution in [0.4, 0.5) is 0 Å². The highest BCUT2D eigenvalue weighted by Gasteiger charge is 2.39. The molecule has 0 aromatic carbocycles. The first kappa shape index (κ1) is 12.5. The van der Waals surface area contributed by atoms with E-state index in [1.165, 1.54) is 6.42 Å². The van der Waals surface area contributed by atoms with Gasteiger partial charge in [0.25, 0.3) is 0 Å². The molecule has 15 heavy (non-hydrogen) atoms. The van der Waals surface area contributed by atoms with Crippen LogP contribution in [0.15, 0.2) is 0 Å². The molecule has 0 amide bonds. The molecule has 1 atom stereocenters. The highest BCUT2D eigenvalue weighted by molar-refractivity contribution is 5.11. The first-order valence-electron chi connectivity index (χ1n) is 5.69. The zero-order valence-corrected chi connectivity index (χ0v) is 10.1. The number of methoxy groups -OCH3 is 1. The van der Waals surface area contributed by atoms with Crippen molar-refractivity contribution < 1.29 is 4.74 Å². The summed E-state index contributed by atoms with van der Waals surface area (Å²) in [6, 6.07) is 2.47. The Hall–Kier alpha value is -0.590. The Kier molecular flexibility index (Phi) is 4.12. The Labute approximate surface area is 92.8 Å². The molecule has 1 aliphatic rings. The van der Waals surface area contributed by atoms with Crippen LogP contribution in [-0.4, -0.2) is 25.8 Å². The van der Waals surface area contributed by atoms with Crippen molar-refractivity contribution in [1.29, 1.82) is 5.26 Å². The first-order valence-corrected chi connectivity index (χ1v) is 5.69. The maximum absolute atomic E-state index is 9.32. The lowest BCUT2D eigenvalue weighted by Crippen LogP contribution is -2.50. The van der Waals surface area contributed by atoms with Gasteiger partial charge >= 0.3 is 0 Å². The number of hydrogen-bond acceptors (Lipinski definition) is 3. The number of rotatable bonds is 4. The lowest BCUT2D eigenvalue weighted by Gasteiger charge is -2.41. The normalized spacial score (nSPS) is 29.7. The van der Waals surface area contributed by atoms with Crippen LogP contribution in [0.3, 0.4) is 0 Å². The molecule has 0 spiro atoms. The highest BCUT2D eigenvalue weighted by atomic mass is 16.5. The van der Waals surface area contributed by atoms with E-state index >= 15 is 0 Å². The van der Waals surface area contributed by atoms with E-state index in [1.807, 2.05) is 0 Å². The zero-order valence-electron chi connectivity index (χ0n) is 10.1. The summed E-state index contributed by atoms with van der Waals surface area (Å²) in [4.78, 5) is 0. The van der Waals surface area contributed by atoms with Gasteiger partial charge in [-0.1, -0.05) is 20.3 Å². The molecule has 0 aromatic rings. The minimum Gasteiger partial charge on any atom is -0.383 e. The number of hydrogen-bond donors (Lipinski definition) is 1. The molecule has 1 N–H and O–H groups in total. The van der Waals surface area contributed by atoms with Crippen LogP contribution >= 0.6 is 0 Å². The summed E-state index contributed by atoms with van der Waals surface area (Å²) in [5.41, 5.74) is -0.0334. The largest absolute Gasteiger partial charge is 0.383 e. The molecule has 3 heteroatoms. The molecule has 0 radical (unpaired) electrons. The van der Waals surface area contributed by atoms with Gasteiger partial charge in [0.2, 0.25) is 0 Å². The van der Waals surface area contributed by atoms with Crippen molar-refractivity contribution in [3.63, 3.8) is 0 Å². The van der Waals surface area contributed by atoms with E-state index in [-0.39, 0.29) is 11.0 Å². The topological polar surface area (TPSA) is 45.0 Å². The van der Waals surface area contributed by atoms with E-state index in [4.69, 9.17) is 4.74 Å². The van der Waals surface area contributed by atoms with Crippen molar-refractivity contribution in [3.05, 3.63) is 0 Å². The quantitative estimate of drug-likeness (QED) is 0.723. The molecule has 3 nitrogen and oxygen atoms in total. The van der Waals surface area contributed by atoms with Crippen LogP contribution in [0.5, 0.6) is 0 Å². The van der Waals surface area contributed by atoms with Crippen LogP contribution in [0.2, 0.25) is 0 Å². The average molecular weight is 210 g/mol. The van der Waals surface area contributed by atoms with Gasteiger partial charge in [-0.15, -0.1) is 0 Å². The molecule has 0 aliphatic heterocycles. The Balaban J connectivity index is 2.56. The second-order valence-electron chi connectivity index (χ2n) is 5.31. The summed E-state index contributed by atoms with van der Waals surface area (Å²) >= 11 is 0. The maximum Gasteiger partial charge on any atom is 0.107 e. The fourth-order valence-corrected chi connectivity index (χ4v) is 2.54. The third-order valence-electron chi connectivity index (χ3n) is 3.22. The number of nitriles is 1. The molecule has 1 fully saturated rings. The van der Waals surface area contributed by atoms with E-state index < -0.39 is 0 Å². The highest BCUT2D eigenvalue weighted by Crippen LogP contribution is 2.40. The molecule has 0 heterocycles. The fraction of sp³-hybridized carbons (Fsp3) is 0.917. The molecule has 1 saturated carbocycles. The van der Waals surface area contributed by atoms with E-state index in [0.717, 1.165) is 25.8 Å². The standard InChI is InChI=1S/C12H22N2O/c1-11(2)5-4-6-12(9-11,10-13)14-7-8-15-3/h14H,4-9H2,1-3H3. The van der Waals surface area contributed by atoms with Crippen LogP contribution in [0.25, 0.3) is 0 Å². The van der Waals surface area contributed by atoms with Crippen LogP contribution in [-0.2, 0) is 4.74 Å². The van der Waals surface area contributed by atoms with E-state index in [1.54, 1.807) is 7.11 Å². The van der Waals surface area contributed by atoms with Gasteiger partial charge in [-0.05, 0) is 24.7 Å². The van der Waals surface area contributed by atoms with Crippen molar-refractivity contribution in [2.75, 3.05) is 20.3 Å². The zero-order chi connectivity index (χ0) is 11.4. The van der Waals surface area contributed by atoms with Crippen LogP contribution in [0.1, 0.15) is 39.5 Å². The Morgan fingerprint density at radius 1 is 1.40 bits per heavy atom. The molecule has 1 aliphatic carbocycles. The molecule has 1 unspecified atom stereocenters. The Bertz CT molecular complexity index is 244. The Morgan fingerprint density at radius 3 is 2.67 bits per heavy atom. The van der Waals surface area contributed by atoms with E-state index in [2.05, 4.69) is 25.2 Å². The van der Waals surface area contributed by atoms with Crippen molar-refractivity contribution >= 4 is 0 Å². The van der Waals surface area contributed by atoms with Crippen LogP contribution < -0.4 is 5.32 Å². The smallest absolute Gasteiger partial charge is 0.107 e. The maximum atomic E-state index is 9.32. The third kappa shape index (κ3) is 3.48. The molecule has 86 valence electrons. The summed E-state index contributed by atoms with van der Waals surface area (Å²) in [6.45, 7) is 5.93. The molecular weight excluding hydrogens is 188 g/mol. The monoisotopic (exact) mass is 210 g/mol. The summed E-state index contributed by atoms with van der Waals surface area (Å²) in [7, 11) is 1.69. The second-order valence-corrected chi connectivity index (χ2v) is 5.31. The van der Waals surface area contributed by atoms with Gasteiger partial charge < -0.3 is 4.74 Å². The van der Waals surface area contributed by atoms with Gasteiger partial charge in [0.15, 0.2) is 0 Å². The van der Waals surface area contributed by atoms with Crippen molar-refractivity contribution in [1.82, 2.24) is 5.32 Å². The molecule has 0 bridgehead atoms. The second kappa shape index (κ2) is 4.96. The first-order chi connectivity index (χ1) is 7.04. The van der Waals surface area contributed by atoms with E-state index in [0.29, 0.717) is 6.61 Å². The van der Waals surface area contributed by atoms with Gasteiger partial charge in [-0.3, -0.25) is 5.32 Å². The van der Waals surface area contributed by atoms with Crippen molar-refractivity contribution in [3.8, 4) is 6.07 Å². The van der Waals surface area contributed by atoms with Gasteiger partial charge in [0.05, 0.1) is 12.7 Å². The molecular formula is C12H22N2O. The number of nitrogens with one attached hydrogen (secondary N) is 1. The molecule has 1 rings (SSSR count). The fourth-order valence-electron chi connectivity index (χ4n) is 2.54. The van der Waals surface area contributed by atoms with Gasteiger partial charge in [0.1, 0.15) is 5.54 Å². The summed E-state index contributed by atoms with van der Waals surface area (Å²) in [6.07, 6.45) is 4.28. The van der Waals surface area contributed by atoms with Gasteiger partial charge in [-0.2, -0.15) is 5.26 Å².